The Morgan fingerprint density at radius 3 is 2.08 bits per heavy atom. The average Bonchev–Trinajstić information content (AvgIpc) is 2.06. The van der Waals surface area contributed by atoms with Gasteiger partial charge in [0, 0.05) is 0 Å². The number of carbonyl (C=O) groups excluding carboxylic acids is 1. The van der Waals surface area contributed by atoms with Crippen LogP contribution in [0.15, 0.2) is 35.3 Å². The van der Waals surface area contributed by atoms with Crippen LogP contribution >= 0.6 is 0 Å². The Hall–Kier alpha value is -1.49. The fourth-order valence-electron chi connectivity index (χ4n) is 0.555. The van der Waals surface area contributed by atoms with Crippen LogP contribution in [-0.4, -0.2) is 19.1 Å². The molecule has 0 aliphatic heterocycles. The van der Waals surface area contributed by atoms with E-state index in [1.165, 1.54) is 6.08 Å². The normalized spacial score (nSPS) is 8.15. The molecule has 0 aliphatic rings. The van der Waals surface area contributed by atoms with Crippen molar-refractivity contribution in [3.8, 4) is 0 Å². The van der Waals surface area contributed by atoms with E-state index in [1.807, 2.05) is 18.2 Å². The minimum atomic E-state index is -3.12. The van der Waals surface area contributed by atoms with E-state index in [1.54, 1.807) is 12.1 Å². The zero-order chi connectivity index (χ0) is 10.1. The van der Waals surface area contributed by atoms with Crippen LogP contribution in [0.4, 0.5) is 5.69 Å². The standard InChI is InChI=1S/C7H5NO.H2O3S/c9-6-8-7-4-2-1-3-5-7;1-4(2)3/h1-5H;4H,(H,1,2,3). The summed E-state index contributed by atoms with van der Waals surface area (Å²) in [4.78, 5) is 13.1. The maximum absolute atomic E-state index is 9.68. The van der Waals surface area contributed by atoms with Gasteiger partial charge in [0.25, 0.3) is 11.0 Å². The predicted octanol–water partition coefficient (Wildman–Crippen LogP) is 0.725. The molecule has 0 heterocycles. The summed E-state index contributed by atoms with van der Waals surface area (Å²) in [5.74, 6) is 0. The van der Waals surface area contributed by atoms with E-state index in [-0.39, 0.29) is 0 Å². The first kappa shape index (κ1) is 11.5. The van der Waals surface area contributed by atoms with Gasteiger partial charge in [0.2, 0.25) is 6.08 Å². The SMILES string of the molecule is O=C=Nc1ccccc1.O=[SH](=O)O. The van der Waals surface area contributed by atoms with Gasteiger partial charge in [0.15, 0.2) is 0 Å². The summed E-state index contributed by atoms with van der Waals surface area (Å²) in [6.45, 7) is 0. The predicted molar refractivity (Wildman–Crippen MR) is 47.2 cm³/mol. The smallest absolute Gasteiger partial charge is 0.254 e. The molecule has 70 valence electrons. The second-order valence-corrected chi connectivity index (χ2v) is 2.25. The van der Waals surface area contributed by atoms with Crippen LogP contribution in [0.1, 0.15) is 0 Å². The molecular weight excluding hydrogens is 194 g/mol. The maximum atomic E-state index is 9.68. The zero-order valence-corrected chi connectivity index (χ0v) is 7.35. The van der Waals surface area contributed by atoms with Gasteiger partial charge in [-0.2, -0.15) is 4.99 Å². The van der Waals surface area contributed by atoms with Crippen LogP contribution in [0.3, 0.4) is 0 Å². The monoisotopic (exact) mass is 201 g/mol. The third-order valence-corrected chi connectivity index (χ3v) is 0.931. The quantitative estimate of drug-likeness (QED) is 0.303. The van der Waals surface area contributed by atoms with Crippen LogP contribution < -0.4 is 0 Å². The average molecular weight is 201 g/mol. The Morgan fingerprint density at radius 2 is 1.69 bits per heavy atom. The maximum Gasteiger partial charge on any atom is 0.254 e. The lowest BCUT2D eigenvalue weighted by Gasteiger charge is -1.83. The Morgan fingerprint density at radius 1 is 1.23 bits per heavy atom. The van der Waals surface area contributed by atoms with Crippen molar-refractivity contribution >= 4 is 22.8 Å². The number of rotatable bonds is 1. The fraction of sp³-hybridized carbons (Fsp3) is 0. The molecule has 0 spiro atoms. The highest BCUT2D eigenvalue weighted by molar-refractivity contribution is 7.66. The number of nitrogens with zero attached hydrogens (tertiary/aromatic N) is 1. The second-order valence-electron chi connectivity index (χ2n) is 1.78. The van der Waals surface area contributed by atoms with Gasteiger partial charge in [-0.25, -0.2) is 13.2 Å². The van der Waals surface area contributed by atoms with Crippen LogP contribution in [-0.2, 0) is 15.8 Å². The molecule has 1 rings (SSSR count). The summed E-state index contributed by atoms with van der Waals surface area (Å²) >= 11 is 0. The number of hydrogen-bond acceptors (Lipinski definition) is 4. The van der Waals surface area contributed by atoms with Gasteiger partial charge in [0.1, 0.15) is 0 Å². The summed E-state index contributed by atoms with van der Waals surface area (Å²) in [5.41, 5.74) is 0.646. The molecule has 0 radical (unpaired) electrons. The largest absolute Gasteiger partial charge is 0.288 e. The van der Waals surface area contributed by atoms with Crippen molar-refractivity contribution in [2.24, 2.45) is 4.99 Å². The molecule has 0 saturated carbocycles. The minimum absolute atomic E-state index is 0.646. The number of aliphatic imine (C=N–C) groups is 1. The van der Waals surface area contributed by atoms with E-state index in [2.05, 4.69) is 4.99 Å². The highest BCUT2D eigenvalue weighted by Gasteiger charge is 1.79. The molecule has 5 nitrogen and oxygen atoms in total. The third kappa shape index (κ3) is 8.42. The Balaban J connectivity index is 0.000000310. The van der Waals surface area contributed by atoms with Gasteiger partial charge in [-0.3, -0.25) is 4.55 Å². The van der Waals surface area contributed by atoms with Crippen molar-refractivity contribution in [1.82, 2.24) is 0 Å². The molecule has 0 fully saturated rings. The number of isocyanates is 1. The Kier molecular flexibility index (Phi) is 6.35. The van der Waals surface area contributed by atoms with Crippen molar-refractivity contribution in [3.63, 3.8) is 0 Å². The van der Waals surface area contributed by atoms with E-state index in [9.17, 15) is 4.79 Å². The van der Waals surface area contributed by atoms with E-state index in [0.29, 0.717) is 5.69 Å². The highest BCUT2D eigenvalue weighted by Crippen LogP contribution is 2.06. The third-order valence-electron chi connectivity index (χ3n) is 0.931. The summed E-state index contributed by atoms with van der Waals surface area (Å²) in [6, 6.07) is 8.98. The van der Waals surface area contributed by atoms with E-state index in [0.717, 1.165) is 0 Å². The topological polar surface area (TPSA) is 83.8 Å². The summed E-state index contributed by atoms with van der Waals surface area (Å²) < 4.78 is 24.2. The molecule has 6 heteroatoms. The lowest BCUT2D eigenvalue weighted by Crippen LogP contribution is -1.59. The first-order valence-electron chi connectivity index (χ1n) is 3.13. The van der Waals surface area contributed by atoms with Gasteiger partial charge in [-0.05, 0) is 12.1 Å². The van der Waals surface area contributed by atoms with Crippen LogP contribution in [0.25, 0.3) is 0 Å². The van der Waals surface area contributed by atoms with Crippen molar-refractivity contribution in [2.45, 2.75) is 0 Å². The Labute approximate surface area is 76.5 Å². The number of thiol groups is 1. The summed E-state index contributed by atoms with van der Waals surface area (Å²) in [7, 11) is -3.12. The molecule has 0 bridgehead atoms. The van der Waals surface area contributed by atoms with E-state index in [4.69, 9.17) is 13.0 Å². The van der Waals surface area contributed by atoms with Gasteiger partial charge < -0.3 is 0 Å². The first-order valence-corrected chi connectivity index (χ1v) is 4.26. The molecule has 1 aromatic carbocycles. The molecule has 0 aliphatic carbocycles. The molecule has 0 saturated heterocycles. The fourth-order valence-corrected chi connectivity index (χ4v) is 0.555. The van der Waals surface area contributed by atoms with Gasteiger partial charge in [0.05, 0.1) is 5.69 Å². The number of hydrogen-bond donors (Lipinski definition) is 2. The zero-order valence-electron chi connectivity index (χ0n) is 6.45. The van der Waals surface area contributed by atoms with E-state index >= 15 is 0 Å². The van der Waals surface area contributed by atoms with Crippen LogP contribution in [0, 0.1) is 0 Å². The Bertz CT molecular complexity index is 346. The highest BCUT2D eigenvalue weighted by atomic mass is 32.2. The molecular formula is C7H7NO4S. The summed E-state index contributed by atoms with van der Waals surface area (Å²) in [6.07, 6.45) is 1.46. The van der Waals surface area contributed by atoms with Crippen molar-refractivity contribution in [2.75, 3.05) is 0 Å². The van der Waals surface area contributed by atoms with E-state index < -0.39 is 11.0 Å². The van der Waals surface area contributed by atoms with Gasteiger partial charge in [-0.1, -0.05) is 18.2 Å². The van der Waals surface area contributed by atoms with Crippen LogP contribution in [0.2, 0.25) is 0 Å². The van der Waals surface area contributed by atoms with Crippen molar-refractivity contribution in [3.05, 3.63) is 30.3 Å². The molecule has 1 aromatic rings. The van der Waals surface area contributed by atoms with Gasteiger partial charge in [-0.15, -0.1) is 0 Å². The molecule has 13 heavy (non-hydrogen) atoms. The molecule has 0 amide bonds. The second kappa shape index (κ2) is 7.17. The van der Waals surface area contributed by atoms with Gasteiger partial charge >= 0.3 is 0 Å². The molecule has 0 aromatic heterocycles. The molecule has 0 unspecified atom stereocenters. The van der Waals surface area contributed by atoms with Crippen molar-refractivity contribution in [1.29, 1.82) is 0 Å². The lowest BCUT2D eigenvalue weighted by atomic mass is 10.3. The molecule has 0 atom stereocenters. The number of benzene rings is 1. The first-order chi connectivity index (χ1) is 6.16. The minimum Gasteiger partial charge on any atom is -0.288 e. The molecule has 1 N–H and O–H groups in total. The van der Waals surface area contributed by atoms with Crippen molar-refractivity contribution < 1.29 is 17.8 Å². The van der Waals surface area contributed by atoms with Crippen LogP contribution in [0.5, 0.6) is 0 Å². The lowest BCUT2D eigenvalue weighted by molar-refractivity contribution is 0.509. The summed E-state index contributed by atoms with van der Waals surface area (Å²) in [5, 5.41) is 0. The number of para-hydroxylation sites is 1.